The fraction of sp³-hybridized carbons (Fsp3) is 0.133. The molecule has 21 heavy (non-hydrogen) atoms. The minimum atomic E-state index is 0.676. The van der Waals surface area contributed by atoms with Gasteiger partial charge in [-0.2, -0.15) is 5.10 Å². The first kappa shape index (κ1) is 13.8. The van der Waals surface area contributed by atoms with Crippen LogP contribution in [-0.2, 0) is 7.05 Å². The van der Waals surface area contributed by atoms with E-state index < -0.39 is 0 Å². The molecule has 0 fully saturated rings. The van der Waals surface area contributed by atoms with Crippen molar-refractivity contribution in [3.63, 3.8) is 0 Å². The van der Waals surface area contributed by atoms with E-state index in [1.165, 1.54) is 0 Å². The van der Waals surface area contributed by atoms with Crippen LogP contribution in [-0.4, -0.2) is 26.9 Å². The zero-order valence-corrected chi connectivity index (χ0v) is 13.2. The number of aryl methyl sites for hydroxylation is 1. The van der Waals surface area contributed by atoms with Crippen molar-refractivity contribution in [1.29, 1.82) is 0 Å². The summed E-state index contributed by atoms with van der Waals surface area (Å²) in [7, 11) is 3.52. The lowest BCUT2D eigenvalue weighted by atomic mass is 10.2. The minimum Gasteiger partial charge on any atom is -0.497 e. The molecule has 0 spiro atoms. The van der Waals surface area contributed by atoms with Gasteiger partial charge in [0.05, 0.1) is 7.11 Å². The Morgan fingerprint density at radius 3 is 2.52 bits per heavy atom. The molecular weight excluding hydrogens is 332 g/mol. The molecule has 0 unspecified atom stereocenters. The summed E-state index contributed by atoms with van der Waals surface area (Å²) in [6, 6.07) is 9.64. The van der Waals surface area contributed by atoms with Crippen LogP contribution in [0.25, 0.3) is 22.8 Å². The van der Waals surface area contributed by atoms with Crippen LogP contribution >= 0.6 is 15.9 Å². The van der Waals surface area contributed by atoms with Gasteiger partial charge in [-0.05, 0) is 46.3 Å². The quantitative estimate of drug-likeness (QED) is 0.731. The summed E-state index contributed by atoms with van der Waals surface area (Å²) in [5, 5.41) is 4.46. The van der Waals surface area contributed by atoms with E-state index >= 15 is 0 Å². The molecule has 0 amide bonds. The molecule has 6 heteroatoms. The van der Waals surface area contributed by atoms with Crippen LogP contribution in [0.1, 0.15) is 0 Å². The molecule has 106 valence electrons. The van der Waals surface area contributed by atoms with Crippen molar-refractivity contribution in [2.45, 2.75) is 0 Å². The molecule has 2 heterocycles. The second kappa shape index (κ2) is 5.65. The van der Waals surface area contributed by atoms with Gasteiger partial charge in [0.25, 0.3) is 0 Å². The van der Waals surface area contributed by atoms with Gasteiger partial charge in [0, 0.05) is 35.0 Å². The van der Waals surface area contributed by atoms with Crippen LogP contribution < -0.4 is 4.74 Å². The molecule has 0 N–H and O–H groups in total. The summed E-state index contributed by atoms with van der Waals surface area (Å²) in [5.74, 6) is 2.26. The van der Waals surface area contributed by atoms with Gasteiger partial charge in [-0.15, -0.1) is 0 Å². The van der Waals surface area contributed by atoms with Gasteiger partial charge in [-0.3, -0.25) is 4.98 Å². The molecule has 0 atom stereocenters. The number of nitrogens with zero attached hydrogens (tertiary/aromatic N) is 4. The molecular formula is C15H13BrN4O. The van der Waals surface area contributed by atoms with E-state index in [1.54, 1.807) is 24.2 Å². The highest BCUT2D eigenvalue weighted by Gasteiger charge is 2.11. The third-order valence-electron chi connectivity index (χ3n) is 3.07. The van der Waals surface area contributed by atoms with E-state index in [9.17, 15) is 0 Å². The van der Waals surface area contributed by atoms with Crippen molar-refractivity contribution < 1.29 is 4.74 Å². The van der Waals surface area contributed by atoms with E-state index in [0.29, 0.717) is 5.82 Å². The molecule has 0 saturated heterocycles. The summed E-state index contributed by atoms with van der Waals surface area (Å²) in [5.41, 5.74) is 1.86. The molecule has 0 aliphatic carbocycles. The summed E-state index contributed by atoms with van der Waals surface area (Å²) in [6.07, 6.45) is 3.51. The molecule has 2 aromatic heterocycles. The topological polar surface area (TPSA) is 52.8 Å². The average molecular weight is 345 g/mol. The number of rotatable bonds is 3. The number of ether oxygens (including phenoxy) is 1. The van der Waals surface area contributed by atoms with Crippen LogP contribution in [0.2, 0.25) is 0 Å². The minimum absolute atomic E-state index is 0.676. The first-order valence-electron chi connectivity index (χ1n) is 6.34. The third-order valence-corrected chi connectivity index (χ3v) is 3.51. The van der Waals surface area contributed by atoms with E-state index in [-0.39, 0.29) is 0 Å². The number of hydrogen-bond donors (Lipinski definition) is 0. The number of hydrogen-bond acceptors (Lipinski definition) is 4. The van der Waals surface area contributed by atoms with Gasteiger partial charge in [0.1, 0.15) is 5.75 Å². The number of halogens is 1. The Labute approximate surface area is 130 Å². The zero-order chi connectivity index (χ0) is 14.8. The van der Waals surface area contributed by atoms with Crippen molar-refractivity contribution in [2.24, 2.45) is 7.05 Å². The average Bonchev–Trinajstić information content (AvgIpc) is 2.89. The molecule has 1 aromatic carbocycles. The van der Waals surface area contributed by atoms with Gasteiger partial charge in [-0.25, -0.2) is 9.67 Å². The number of pyridine rings is 1. The Morgan fingerprint density at radius 2 is 1.86 bits per heavy atom. The fourth-order valence-electron chi connectivity index (χ4n) is 2.03. The Morgan fingerprint density at radius 1 is 1.10 bits per heavy atom. The van der Waals surface area contributed by atoms with E-state index in [4.69, 9.17) is 4.74 Å². The Balaban J connectivity index is 2.00. The predicted octanol–water partition coefficient (Wildman–Crippen LogP) is 3.32. The maximum Gasteiger partial charge on any atom is 0.181 e. The highest BCUT2D eigenvalue weighted by Crippen LogP contribution is 2.24. The van der Waals surface area contributed by atoms with E-state index in [2.05, 4.69) is 31.0 Å². The van der Waals surface area contributed by atoms with Gasteiger partial charge < -0.3 is 4.74 Å². The summed E-state index contributed by atoms with van der Waals surface area (Å²) in [6.45, 7) is 0. The van der Waals surface area contributed by atoms with Crippen molar-refractivity contribution in [3.8, 4) is 28.5 Å². The molecule has 0 radical (unpaired) electrons. The second-order valence-corrected chi connectivity index (χ2v) is 5.42. The first-order chi connectivity index (χ1) is 10.2. The summed E-state index contributed by atoms with van der Waals surface area (Å²) >= 11 is 3.42. The molecule has 3 rings (SSSR count). The standard InChI is InChI=1S/C15H13BrN4O/c1-20-15(11-7-12(16)9-17-8-11)18-14(19-20)10-3-5-13(21-2)6-4-10/h3-9H,1-2H3. The van der Waals surface area contributed by atoms with Gasteiger partial charge in [0.15, 0.2) is 11.6 Å². The lowest BCUT2D eigenvalue weighted by Crippen LogP contribution is -1.94. The maximum absolute atomic E-state index is 5.16. The smallest absolute Gasteiger partial charge is 0.181 e. The summed E-state index contributed by atoms with van der Waals surface area (Å²) in [4.78, 5) is 8.76. The SMILES string of the molecule is COc1ccc(-c2nc(-c3cncc(Br)c3)n(C)n2)cc1. The third kappa shape index (κ3) is 2.80. The molecule has 0 aliphatic heterocycles. The van der Waals surface area contributed by atoms with Crippen molar-refractivity contribution in [2.75, 3.05) is 7.11 Å². The van der Waals surface area contributed by atoms with Crippen LogP contribution in [0, 0.1) is 0 Å². The normalized spacial score (nSPS) is 10.6. The van der Waals surface area contributed by atoms with Gasteiger partial charge in [0.2, 0.25) is 0 Å². The summed E-state index contributed by atoms with van der Waals surface area (Å²) < 4.78 is 7.82. The monoisotopic (exact) mass is 344 g/mol. The molecule has 3 aromatic rings. The Kier molecular flexibility index (Phi) is 3.70. The highest BCUT2D eigenvalue weighted by atomic mass is 79.9. The number of benzene rings is 1. The van der Waals surface area contributed by atoms with Crippen LogP contribution in [0.4, 0.5) is 0 Å². The lowest BCUT2D eigenvalue weighted by Gasteiger charge is -1.99. The number of methoxy groups -OCH3 is 1. The zero-order valence-electron chi connectivity index (χ0n) is 11.6. The van der Waals surface area contributed by atoms with E-state index in [1.807, 2.05) is 37.4 Å². The Bertz CT molecular complexity index is 768. The molecule has 0 aliphatic rings. The maximum atomic E-state index is 5.16. The predicted molar refractivity (Wildman–Crippen MR) is 83.9 cm³/mol. The van der Waals surface area contributed by atoms with Gasteiger partial charge >= 0.3 is 0 Å². The van der Waals surface area contributed by atoms with Crippen LogP contribution in [0.3, 0.4) is 0 Å². The van der Waals surface area contributed by atoms with Crippen LogP contribution in [0.15, 0.2) is 47.2 Å². The first-order valence-corrected chi connectivity index (χ1v) is 7.13. The van der Waals surface area contributed by atoms with Crippen molar-refractivity contribution in [3.05, 3.63) is 47.2 Å². The van der Waals surface area contributed by atoms with E-state index in [0.717, 1.165) is 27.2 Å². The molecule has 0 bridgehead atoms. The van der Waals surface area contributed by atoms with Crippen molar-refractivity contribution >= 4 is 15.9 Å². The Hall–Kier alpha value is -2.21. The van der Waals surface area contributed by atoms with Gasteiger partial charge in [-0.1, -0.05) is 0 Å². The lowest BCUT2D eigenvalue weighted by molar-refractivity contribution is 0.415. The highest BCUT2D eigenvalue weighted by molar-refractivity contribution is 9.10. The fourth-order valence-corrected chi connectivity index (χ4v) is 2.40. The molecule has 0 saturated carbocycles. The molecule has 5 nitrogen and oxygen atoms in total. The van der Waals surface area contributed by atoms with Crippen molar-refractivity contribution in [1.82, 2.24) is 19.7 Å². The second-order valence-electron chi connectivity index (χ2n) is 4.50. The largest absolute Gasteiger partial charge is 0.497 e. The number of aromatic nitrogens is 4. The van der Waals surface area contributed by atoms with Crippen LogP contribution in [0.5, 0.6) is 5.75 Å².